The highest BCUT2D eigenvalue weighted by Crippen LogP contribution is 2.05. The smallest absolute Gasteiger partial charge is 0.325 e. The van der Waals surface area contributed by atoms with E-state index in [0.717, 1.165) is 5.56 Å². The van der Waals surface area contributed by atoms with Gasteiger partial charge in [-0.25, -0.2) is 0 Å². The molecule has 2 amide bonds. The van der Waals surface area contributed by atoms with Crippen LogP contribution in [0, 0.1) is 0 Å². The van der Waals surface area contributed by atoms with Crippen LogP contribution >= 0.6 is 0 Å². The summed E-state index contributed by atoms with van der Waals surface area (Å²) in [6.07, 6.45) is 4.45. The van der Waals surface area contributed by atoms with Crippen LogP contribution < -0.4 is 10.6 Å². The van der Waals surface area contributed by atoms with Gasteiger partial charge in [-0.15, -0.1) is 0 Å². The Kier molecular flexibility index (Phi) is 6.73. The first-order valence-electron chi connectivity index (χ1n) is 8.05. The molecule has 0 aliphatic carbocycles. The van der Waals surface area contributed by atoms with Crippen LogP contribution in [0.1, 0.15) is 18.2 Å². The zero-order chi connectivity index (χ0) is 18.9. The summed E-state index contributed by atoms with van der Waals surface area (Å²) in [5.74, 6) is -1.70. The molecule has 0 aliphatic rings. The van der Waals surface area contributed by atoms with Crippen molar-refractivity contribution in [1.29, 1.82) is 0 Å². The van der Waals surface area contributed by atoms with E-state index in [1.807, 2.05) is 30.3 Å². The fourth-order valence-electron chi connectivity index (χ4n) is 2.20. The number of carbonyl (C=O) groups excluding carboxylic acids is 2. The summed E-state index contributed by atoms with van der Waals surface area (Å²) in [7, 11) is 0. The Morgan fingerprint density at radius 2 is 1.85 bits per heavy atom. The van der Waals surface area contributed by atoms with E-state index in [1.165, 1.54) is 25.3 Å². The van der Waals surface area contributed by atoms with Crippen LogP contribution in [-0.4, -0.2) is 35.0 Å². The fraction of sp³-hybridized carbons (Fsp3) is 0.211. The molecule has 0 fully saturated rings. The maximum absolute atomic E-state index is 12.4. The highest BCUT2D eigenvalue weighted by atomic mass is 16.4. The van der Waals surface area contributed by atoms with Gasteiger partial charge in [-0.05, 0) is 30.7 Å². The lowest BCUT2D eigenvalue weighted by Crippen LogP contribution is -2.51. The second kappa shape index (κ2) is 9.22. The quantitative estimate of drug-likeness (QED) is 0.623. The third-order valence-corrected chi connectivity index (χ3v) is 3.59. The second-order valence-corrected chi connectivity index (χ2v) is 5.67. The van der Waals surface area contributed by atoms with Crippen LogP contribution in [-0.2, 0) is 20.8 Å². The number of carbonyl (C=O) groups is 3. The van der Waals surface area contributed by atoms with Gasteiger partial charge in [-0.3, -0.25) is 14.4 Å². The van der Waals surface area contributed by atoms with Gasteiger partial charge in [0, 0.05) is 12.5 Å². The molecule has 7 heteroatoms. The summed E-state index contributed by atoms with van der Waals surface area (Å²) in [5, 5.41) is 13.9. The molecular weight excluding hydrogens is 336 g/mol. The molecule has 2 rings (SSSR count). The van der Waals surface area contributed by atoms with Crippen LogP contribution in [0.4, 0.5) is 0 Å². The van der Waals surface area contributed by atoms with Crippen molar-refractivity contribution >= 4 is 23.9 Å². The van der Waals surface area contributed by atoms with Crippen molar-refractivity contribution in [3.8, 4) is 0 Å². The highest BCUT2D eigenvalue weighted by Gasteiger charge is 2.24. The number of benzene rings is 1. The first kappa shape index (κ1) is 19.0. The van der Waals surface area contributed by atoms with Gasteiger partial charge < -0.3 is 20.2 Å². The second-order valence-electron chi connectivity index (χ2n) is 5.67. The Labute approximate surface area is 150 Å². The zero-order valence-electron chi connectivity index (χ0n) is 14.2. The van der Waals surface area contributed by atoms with E-state index in [-0.39, 0.29) is 6.42 Å². The van der Waals surface area contributed by atoms with E-state index in [4.69, 9.17) is 9.52 Å². The van der Waals surface area contributed by atoms with Crippen LogP contribution in [0.15, 0.2) is 59.2 Å². The minimum atomic E-state index is -1.15. The lowest BCUT2D eigenvalue weighted by atomic mass is 10.0. The molecule has 1 aromatic heterocycles. The Morgan fingerprint density at radius 1 is 1.12 bits per heavy atom. The van der Waals surface area contributed by atoms with Gasteiger partial charge in [0.25, 0.3) is 0 Å². The van der Waals surface area contributed by atoms with Crippen molar-refractivity contribution in [3.05, 3.63) is 66.1 Å². The minimum Gasteiger partial charge on any atom is -0.480 e. The van der Waals surface area contributed by atoms with Gasteiger partial charge in [0.05, 0.1) is 6.26 Å². The van der Waals surface area contributed by atoms with E-state index in [2.05, 4.69) is 10.6 Å². The van der Waals surface area contributed by atoms with E-state index >= 15 is 0 Å². The summed E-state index contributed by atoms with van der Waals surface area (Å²) in [5.41, 5.74) is 0.839. The van der Waals surface area contributed by atoms with Crippen LogP contribution in [0.25, 0.3) is 6.08 Å². The van der Waals surface area contributed by atoms with Gasteiger partial charge in [0.15, 0.2) is 0 Å². The number of amides is 2. The van der Waals surface area contributed by atoms with Gasteiger partial charge in [0.2, 0.25) is 11.8 Å². The number of furan rings is 1. The number of rotatable bonds is 8. The van der Waals surface area contributed by atoms with Crippen LogP contribution in [0.5, 0.6) is 0 Å². The Hall–Kier alpha value is -3.35. The molecular formula is C19H20N2O5. The summed E-state index contributed by atoms with van der Waals surface area (Å²) < 4.78 is 5.10. The highest BCUT2D eigenvalue weighted by molar-refractivity contribution is 5.96. The number of carboxylic acid groups (broad SMARTS) is 1. The Bertz CT molecular complexity index is 768. The van der Waals surface area contributed by atoms with Gasteiger partial charge in [0.1, 0.15) is 17.8 Å². The number of hydrogen-bond donors (Lipinski definition) is 3. The summed E-state index contributed by atoms with van der Waals surface area (Å²) >= 11 is 0. The standard InChI is InChI=1S/C19H20N2O5/c1-13(19(24)25)20-18(23)16(12-14-6-3-2-4-7-14)21-17(22)10-9-15-8-5-11-26-15/h2-11,13,16H,12H2,1H3,(H,20,23)(H,21,22)(H,24,25). The molecule has 2 atom stereocenters. The molecule has 0 saturated carbocycles. The lowest BCUT2D eigenvalue weighted by molar-refractivity contribution is -0.141. The molecule has 136 valence electrons. The topological polar surface area (TPSA) is 109 Å². The van der Waals surface area contributed by atoms with Crippen LogP contribution in [0.2, 0.25) is 0 Å². The number of aliphatic carboxylic acids is 1. The third kappa shape index (κ3) is 5.94. The SMILES string of the molecule is CC(NC(=O)C(Cc1ccccc1)NC(=O)C=Cc1ccco1)C(=O)O. The summed E-state index contributed by atoms with van der Waals surface area (Å²) in [6, 6.07) is 10.5. The Morgan fingerprint density at radius 3 is 2.46 bits per heavy atom. The van der Waals surface area contributed by atoms with Crippen LogP contribution in [0.3, 0.4) is 0 Å². The zero-order valence-corrected chi connectivity index (χ0v) is 14.2. The number of hydrogen-bond acceptors (Lipinski definition) is 4. The molecule has 0 saturated heterocycles. The van der Waals surface area contributed by atoms with Gasteiger partial charge >= 0.3 is 5.97 Å². The average Bonchev–Trinajstić information content (AvgIpc) is 3.13. The first-order valence-corrected chi connectivity index (χ1v) is 8.05. The minimum absolute atomic E-state index is 0.235. The van der Waals surface area contributed by atoms with E-state index in [0.29, 0.717) is 5.76 Å². The molecule has 2 unspecified atom stereocenters. The molecule has 2 aromatic rings. The van der Waals surface area contributed by atoms with E-state index in [9.17, 15) is 14.4 Å². The van der Waals surface area contributed by atoms with Gasteiger partial charge in [-0.2, -0.15) is 0 Å². The molecule has 26 heavy (non-hydrogen) atoms. The van der Waals surface area contributed by atoms with Crippen molar-refractivity contribution in [2.45, 2.75) is 25.4 Å². The maximum atomic E-state index is 12.4. The molecule has 0 spiro atoms. The van der Waals surface area contributed by atoms with Crippen molar-refractivity contribution in [3.63, 3.8) is 0 Å². The predicted molar refractivity (Wildman–Crippen MR) is 95.1 cm³/mol. The average molecular weight is 356 g/mol. The summed E-state index contributed by atoms with van der Waals surface area (Å²) in [6.45, 7) is 1.36. The van der Waals surface area contributed by atoms with E-state index < -0.39 is 29.9 Å². The molecule has 1 aromatic carbocycles. The van der Waals surface area contributed by atoms with Crippen molar-refractivity contribution in [1.82, 2.24) is 10.6 Å². The number of carboxylic acids is 1. The molecule has 0 aliphatic heterocycles. The maximum Gasteiger partial charge on any atom is 0.325 e. The fourth-order valence-corrected chi connectivity index (χ4v) is 2.20. The van der Waals surface area contributed by atoms with Crippen molar-refractivity contribution in [2.75, 3.05) is 0 Å². The van der Waals surface area contributed by atoms with E-state index in [1.54, 1.807) is 12.1 Å². The monoisotopic (exact) mass is 356 g/mol. The normalized spacial score (nSPS) is 13.1. The molecule has 0 bridgehead atoms. The largest absolute Gasteiger partial charge is 0.480 e. The first-order chi connectivity index (χ1) is 12.5. The van der Waals surface area contributed by atoms with Gasteiger partial charge in [-0.1, -0.05) is 30.3 Å². The molecule has 0 radical (unpaired) electrons. The van der Waals surface area contributed by atoms with Crippen molar-refractivity contribution < 1.29 is 23.9 Å². The molecule has 7 nitrogen and oxygen atoms in total. The molecule has 3 N–H and O–H groups in total. The lowest BCUT2D eigenvalue weighted by Gasteiger charge is -2.19. The predicted octanol–water partition coefficient (Wildman–Crippen LogP) is 1.61. The Balaban J connectivity index is 2.07. The summed E-state index contributed by atoms with van der Waals surface area (Å²) in [4.78, 5) is 35.5. The third-order valence-electron chi connectivity index (χ3n) is 3.59. The van der Waals surface area contributed by atoms with Crippen molar-refractivity contribution in [2.24, 2.45) is 0 Å². The number of nitrogens with one attached hydrogen (secondary N) is 2. The molecule has 1 heterocycles.